The largest absolute Gasteiger partial charge is 0.495 e. The van der Waals surface area contributed by atoms with Crippen molar-refractivity contribution in [1.82, 2.24) is 0 Å². The van der Waals surface area contributed by atoms with Crippen LogP contribution in [0.4, 0.5) is 18.9 Å². The number of methoxy groups -OCH3 is 1. The number of nitrogens with two attached hydrogens (primary N) is 1. The maximum absolute atomic E-state index is 11.7. The minimum absolute atomic E-state index is 0.311. The number of halogens is 3. The predicted molar refractivity (Wildman–Crippen MR) is 54.9 cm³/mol. The standard InChI is InChI=1S/C10H12F3NO3/c1-15-9-3-2-7(4-8(9)14)17-6-16-5-10(11,12)13/h2-4H,5-6,14H2,1H3. The highest BCUT2D eigenvalue weighted by atomic mass is 19.4. The molecule has 0 fully saturated rings. The summed E-state index contributed by atoms with van der Waals surface area (Å²) in [5, 5.41) is 0. The summed E-state index contributed by atoms with van der Waals surface area (Å²) in [6.45, 7) is -1.84. The first kappa shape index (κ1) is 13.4. The second-order valence-corrected chi connectivity index (χ2v) is 3.13. The molecular weight excluding hydrogens is 239 g/mol. The average Bonchev–Trinajstić information content (AvgIpc) is 2.23. The fourth-order valence-electron chi connectivity index (χ4n) is 1.07. The summed E-state index contributed by atoms with van der Waals surface area (Å²) >= 11 is 0. The summed E-state index contributed by atoms with van der Waals surface area (Å²) in [5.41, 5.74) is 5.91. The van der Waals surface area contributed by atoms with Crippen LogP contribution in [-0.4, -0.2) is 26.7 Å². The molecule has 0 radical (unpaired) electrons. The quantitative estimate of drug-likeness (QED) is 0.495. The molecular formula is C10H12F3NO3. The lowest BCUT2D eigenvalue weighted by Crippen LogP contribution is -2.19. The van der Waals surface area contributed by atoms with Gasteiger partial charge in [0.1, 0.15) is 18.1 Å². The van der Waals surface area contributed by atoms with Crippen LogP contribution in [0.1, 0.15) is 0 Å². The van der Waals surface area contributed by atoms with Crippen LogP contribution in [0.2, 0.25) is 0 Å². The highest BCUT2D eigenvalue weighted by molar-refractivity contribution is 5.56. The number of rotatable bonds is 5. The molecule has 0 aliphatic heterocycles. The minimum Gasteiger partial charge on any atom is -0.495 e. The molecule has 0 aliphatic rings. The Kier molecular flexibility index (Phi) is 4.45. The molecule has 7 heteroatoms. The summed E-state index contributed by atoms with van der Waals surface area (Å²) in [6.07, 6.45) is -4.36. The molecule has 1 rings (SSSR count). The Balaban J connectivity index is 2.40. The molecule has 0 aliphatic carbocycles. The third kappa shape index (κ3) is 4.81. The van der Waals surface area contributed by atoms with Crippen molar-refractivity contribution in [2.24, 2.45) is 0 Å². The average molecular weight is 251 g/mol. The van der Waals surface area contributed by atoms with E-state index in [1.54, 1.807) is 6.07 Å². The molecule has 0 atom stereocenters. The predicted octanol–water partition coefficient (Wildman–Crippen LogP) is 2.19. The summed E-state index contributed by atoms with van der Waals surface area (Å²) < 4.78 is 49.3. The number of benzene rings is 1. The van der Waals surface area contributed by atoms with Gasteiger partial charge in [0, 0.05) is 6.07 Å². The van der Waals surface area contributed by atoms with Crippen molar-refractivity contribution in [3.8, 4) is 11.5 Å². The van der Waals surface area contributed by atoms with Crippen LogP contribution in [0.15, 0.2) is 18.2 Å². The van der Waals surface area contributed by atoms with Gasteiger partial charge < -0.3 is 19.9 Å². The summed E-state index contributed by atoms with van der Waals surface area (Å²) in [4.78, 5) is 0. The molecule has 0 aromatic heterocycles. The van der Waals surface area contributed by atoms with Crippen LogP contribution in [0.5, 0.6) is 11.5 Å². The molecule has 0 heterocycles. The molecule has 0 bridgehead atoms. The van der Waals surface area contributed by atoms with E-state index in [9.17, 15) is 13.2 Å². The summed E-state index contributed by atoms with van der Waals surface area (Å²) in [5.74, 6) is 0.777. The smallest absolute Gasteiger partial charge is 0.411 e. The van der Waals surface area contributed by atoms with Crippen LogP contribution in [0, 0.1) is 0 Å². The highest BCUT2D eigenvalue weighted by Gasteiger charge is 2.27. The molecule has 0 amide bonds. The van der Waals surface area contributed by atoms with E-state index in [4.69, 9.17) is 15.2 Å². The van der Waals surface area contributed by atoms with Crippen molar-refractivity contribution in [2.45, 2.75) is 6.18 Å². The lowest BCUT2D eigenvalue weighted by Gasteiger charge is -2.10. The van der Waals surface area contributed by atoms with Crippen LogP contribution in [0.3, 0.4) is 0 Å². The molecule has 1 aromatic carbocycles. The molecule has 0 saturated heterocycles. The van der Waals surface area contributed by atoms with Crippen molar-refractivity contribution in [1.29, 1.82) is 0 Å². The van der Waals surface area contributed by atoms with E-state index in [0.717, 1.165) is 0 Å². The number of hydrogen-bond acceptors (Lipinski definition) is 4. The van der Waals surface area contributed by atoms with Gasteiger partial charge in [-0.15, -0.1) is 0 Å². The van der Waals surface area contributed by atoms with E-state index >= 15 is 0 Å². The SMILES string of the molecule is COc1ccc(OCOCC(F)(F)F)cc1N. The van der Waals surface area contributed by atoms with Crippen LogP contribution >= 0.6 is 0 Å². The maximum Gasteiger partial charge on any atom is 0.411 e. The van der Waals surface area contributed by atoms with Gasteiger partial charge in [-0.3, -0.25) is 0 Å². The van der Waals surface area contributed by atoms with Crippen LogP contribution < -0.4 is 15.2 Å². The zero-order chi connectivity index (χ0) is 12.9. The van der Waals surface area contributed by atoms with E-state index in [2.05, 4.69) is 4.74 Å². The van der Waals surface area contributed by atoms with Crippen molar-refractivity contribution in [3.05, 3.63) is 18.2 Å². The molecule has 0 saturated carbocycles. The van der Waals surface area contributed by atoms with Crippen LogP contribution in [-0.2, 0) is 4.74 Å². The van der Waals surface area contributed by atoms with Gasteiger partial charge in [-0.05, 0) is 12.1 Å². The highest BCUT2D eigenvalue weighted by Crippen LogP contribution is 2.26. The molecule has 1 aromatic rings. The third-order valence-electron chi connectivity index (χ3n) is 1.78. The molecule has 2 N–H and O–H groups in total. The van der Waals surface area contributed by atoms with Crippen molar-refractivity contribution < 1.29 is 27.4 Å². The van der Waals surface area contributed by atoms with Gasteiger partial charge in [-0.25, -0.2) is 0 Å². The molecule has 0 unspecified atom stereocenters. The Morgan fingerprint density at radius 3 is 2.53 bits per heavy atom. The first-order chi connectivity index (χ1) is 7.92. The topological polar surface area (TPSA) is 53.7 Å². The van der Waals surface area contributed by atoms with Gasteiger partial charge in [0.2, 0.25) is 0 Å². The monoisotopic (exact) mass is 251 g/mol. The van der Waals surface area contributed by atoms with Crippen molar-refractivity contribution in [2.75, 3.05) is 26.2 Å². The van der Waals surface area contributed by atoms with Crippen LogP contribution in [0.25, 0.3) is 0 Å². The molecule has 96 valence electrons. The number of ether oxygens (including phenoxy) is 3. The Morgan fingerprint density at radius 2 is 2.00 bits per heavy atom. The fourth-order valence-corrected chi connectivity index (χ4v) is 1.07. The first-order valence-corrected chi connectivity index (χ1v) is 4.63. The van der Waals surface area contributed by atoms with Gasteiger partial charge in [0.15, 0.2) is 6.79 Å². The van der Waals surface area contributed by atoms with Gasteiger partial charge in [0.05, 0.1) is 12.8 Å². The van der Waals surface area contributed by atoms with Gasteiger partial charge in [0.25, 0.3) is 0 Å². The summed E-state index contributed by atoms with van der Waals surface area (Å²) in [7, 11) is 1.46. The van der Waals surface area contributed by atoms with Crippen molar-refractivity contribution >= 4 is 5.69 Å². The second-order valence-electron chi connectivity index (χ2n) is 3.13. The lowest BCUT2D eigenvalue weighted by atomic mass is 10.3. The molecule has 17 heavy (non-hydrogen) atoms. The van der Waals surface area contributed by atoms with E-state index in [0.29, 0.717) is 17.2 Å². The van der Waals surface area contributed by atoms with Gasteiger partial charge >= 0.3 is 6.18 Å². The Bertz CT molecular complexity index is 368. The van der Waals surface area contributed by atoms with E-state index < -0.39 is 19.6 Å². The number of hydrogen-bond donors (Lipinski definition) is 1. The third-order valence-corrected chi connectivity index (χ3v) is 1.78. The fraction of sp³-hybridized carbons (Fsp3) is 0.400. The minimum atomic E-state index is -4.36. The maximum atomic E-state index is 11.7. The van der Waals surface area contributed by atoms with Gasteiger partial charge in [-0.1, -0.05) is 0 Å². The second kappa shape index (κ2) is 5.62. The van der Waals surface area contributed by atoms with E-state index in [1.807, 2.05) is 0 Å². The molecule has 4 nitrogen and oxygen atoms in total. The van der Waals surface area contributed by atoms with Crippen molar-refractivity contribution in [3.63, 3.8) is 0 Å². The molecule has 0 spiro atoms. The Labute approximate surface area is 96.1 Å². The number of anilines is 1. The normalized spacial score (nSPS) is 11.3. The number of nitrogen functional groups attached to an aromatic ring is 1. The zero-order valence-corrected chi connectivity index (χ0v) is 9.08. The van der Waals surface area contributed by atoms with E-state index in [1.165, 1.54) is 19.2 Å². The Morgan fingerprint density at radius 1 is 1.29 bits per heavy atom. The number of alkyl halides is 3. The summed E-state index contributed by atoms with van der Waals surface area (Å²) in [6, 6.07) is 4.51. The first-order valence-electron chi connectivity index (χ1n) is 4.63. The van der Waals surface area contributed by atoms with Gasteiger partial charge in [-0.2, -0.15) is 13.2 Å². The lowest BCUT2D eigenvalue weighted by molar-refractivity contribution is -0.186. The Hall–Kier alpha value is -1.63. The van der Waals surface area contributed by atoms with E-state index in [-0.39, 0.29) is 0 Å². The zero-order valence-electron chi connectivity index (χ0n) is 9.08.